The first-order valence-corrected chi connectivity index (χ1v) is 12.5. The highest BCUT2D eigenvalue weighted by molar-refractivity contribution is 8.26. The van der Waals surface area contributed by atoms with Crippen LogP contribution in [-0.2, 0) is 11.3 Å². The summed E-state index contributed by atoms with van der Waals surface area (Å²) < 4.78 is 2.16. The molecule has 10 heteroatoms. The maximum atomic E-state index is 13.1. The smallest absolute Gasteiger partial charge is 0.270 e. The van der Waals surface area contributed by atoms with Crippen molar-refractivity contribution < 1.29 is 9.90 Å². The van der Waals surface area contributed by atoms with Gasteiger partial charge in [-0.3, -0.25) is 24.0 Å². The highest BCUT2D eigenvalue weighted by Crippen LogP contribution is 2.36. The van der Waals surface area contributed by atoms with Gasteiger partial charge in [0.2, 0.25) is 0 Å². The Hall–Kier alpha value is -2.19. The monoisotopic (exact) mass is 489 g/mol. The first-order valence-electron chi connectivity index (χ1n) is 11.2. The molecule has 2 saturated heterocycles. The van der Waals surface area contributed by atoms with Crippen LogP contribution in [0.15, 0.2) is 9.70 Å². The summed E-state index contributed by atoms with van der Waals surface area (Å²) in [5.74, 6) is 0.882. The van der Waals surface area contributed by atoms with Crippen LogP contribution in [0.4, 0.5) is 5.82 Å². The molecule has 0 atom stereocenters. The molecule has 2 fully saturated rings. The number of aliphatic hydroxyl groups is 1. The van der Waals surface area contributed by atoms with Gasteiger partial charge >= 0.3 is 0 Å². The van der Waals surface area contributed by atoms with E-state index in [4.69, 9.17) is 12.2 Å². The van der Waals surface area contributed by atoms with Crippen molar-refractivity contribution >= 4 is 46.1 Å². The lowest BCUT2D eigenvalue weighted by atomic mass is 10.0. The van der Waals surface area contributed by atoms with Crippen LogP contribution in [0.1, 0.15) is 37.5 Å². The number of nitrogens with zero attached hydrogens (tertiary/aromatic N) is 5. The van der Waals surface area contributed by atoms with E-state index < -0.39 is 0 Å². The minimum absolute atomic E-state index is 0.100. The van der Waals surface area contributed by atoms with E-state index in [2.05, 4.69) is 15.9 Å². The lowest BCUT2D eigenvalue weighted by Crippen LogP contribution is -2.49. The molecule has 1 aromatic heterocycles. The standard InChI is InChI=1S/C23H31N5O3S2/c1-5-27-20(26-8-6-25(7-9-26)10-11-29)17(16(4)18(13-24)21(27)30)12-19-22(31)28(14-15(2)3)23(32)33-19/h12,15,29H,5-11,14H2,1-4H3/b19-12-. The van der Waals surface area contributed by atoms with Crippen LogP contribution in [0.25, 0.3) is 6.08 Å². The summed E-state index contributed by atoms with van der Waals surface area (Å²) in [6.07, 6.45) is 1.80. The number of piperazine rings is 1. The number of β-amino-alcohol motifs (C(OH)–C–C–N with tert-alkyl or cyclic N) is 1. The van der Waals surface area contributed by atoms with Gasteiger partial charge in [0.25, 0.3) is 11.5 Å². The number of amides is 1. The molecule has 0 spiro atoms. The molecule has 1 aromatic rings. The number of hydrogen-bond acceptors (Lipinski definition) is 8. The zero-order valence-electron chi connectivity index (χ0n) is 19.6. The molecule has 0 saturated carbocycles. The maximum absolute atomic E-state index is 13.1. The van der Waals surface area contributed by atoms with E-state index in [9.17, 15) is 20.0 Å². The van der Waals surface area contributed by atoms with Crippen LogP contribution < -0.4 is 10.5 Å². The Kier molecular flexibility index (Phi) is 8.34. The van der Waals surface area contributed by atoms with E-state index in [0.29, 0.717) is 53.1 Å². The number of pyridine rings is 1. The highest BCUT2D eigenvalue weighted by atomic mass is 32.2. The minimum Gasteiger partial charge on any atom is -0.395 e. The first kappa shape index (κ1) is 25.4. The Morgan fingerprint density at radius 1 is 1.24 bits per heavy atom. The Labute approximate surface area is 204 Å². The average Bonchev–Trinajstić information content (AvgIpc) is 3.03. The van der Waals surface area contributed by atoms with Crippen molar-refractivity contribution in [3.8, 4) is 6.07 Å². The number of thioether (sulfide) groups is 1. The van der Waals surface area contributed by atoms with Crippen molar-refractivity contribution in [3.05, 3.63) is 31.9 Å². The highest BCUT2D eigenvalue weighted by Gasteiger charge is 2.33. The molecule has 3 rings (SSSR count). The first-order chi connectivity index (χ1) is 15.7. The van der Waals surface area contributed by atoms with E-state index in [-0.39, 0.29) is 29.6 Å². The molecular weight excluding hydrogens is 458 g/mol. The van der Waals surface area contributed by atoms with Gasteiger partial charge in [-0.15, -0.1) is 0 Å². The van der Waals surface area contributed by atoms with Crippen LogP contribution in [0.5, 0.6) is 0 Å². The largest absolute Gasteiger partial charge is 0.395 e. The van der Waals surface area contributed by atoms with Gasteiger partial charge in [-0.25, -0.2) is 0 Å². The second-order valence-corrected chi connectivity index (χ2v) is 10.3. The summed E-state index contributed by atoms with van der Waals surface area (Å²) in [6.45, 7) is 12.3. The topological polar surface area (TPSA) is 92.8 Å². The zero-order valence-corrected chi connectivity index (χ0v) is 21.3. The van der Waals surface area contributed by atoms with E-state index >= 15 is 0 Å². The van der Waals surface area contributed by atoms with Crippen molar-refractivity contribution in [1.29, 1.82) is 5.26 Å². The normalized spacial score (nSPS) is 18.6. The number of hydrogen-bond donors (Lipinski definition) is 1. The molecule has 2 aliphatic rings. The third kappa shape index (κ3) is 5.17. The molecule has 33 heavy (non-hydrogen) atoms. The Morgan fingerprint density at radius 2 is 1.91 bits per heavy atom. The summed E-state index contributed by atoms with van der Waals surface area (Å²) in [4.78, 5) is 32.7. The summed E-state index contributed by atoms with van der Waals surface area (Å²) in [5, 5.41) is 19.0. The molecule has 2 aliphatic heterocycles. The van der Waals surface area contributed by atoms with Crippen molar-refractivity contribution in [2.24, 2.45) is 5.92 Å². The van der Waals surface area contributed by atoms with Crippen LogP contribution >= 0.6 is 24.0 Å². The molecule has 0 radical (unpaired) electrons. The van der Waals surface area contributed by atoms with E-state index in [1.165, 1.54) is 11.8 Å². The molecule has 1 amide bonds. The van der Waals surface area contributed by atoms with Crippen molar-refractivity contribution in [2.75, 3.05) is 50.8 Å². The third-order valence-corrected chi connectivity index (χ3v) is 7.33. The van der Waals surface area contributed by atoms with Gasteiger partial charge in [-0.05, 0) is 31.4 Å². The van der Waals surface area contributed by atoms with Crippen LogP contribution in [0, 0.1) is 24.2 Å². The molecule has 0 aromatic carbocycles. The third-order valence-electron chi connectivity index (χ3n) is 5.95. The van der Waals surface area contributed by atoms with Gasteiger partial charge in [0, 0.05) is 51.4 Å². The number of rotatable bonds is 7. The lowest BCUT2D eigenvalue weighted by molar-refractivity contribution is -0.122. The molecule has 0 bridgehead atoms. The summed E-state index contributed by atoms with van der Waals surface area (Å²) in [5.41, 5.74) is 1.08. The van der Waals surface area contributed by atoms with Gasteiger partial charge in [0.1, 0.15) is 21.8 Å². The van der Waals surface area contributed by atoms with E-state index in [0.717, 1.165) is 18.9 Å². The van der Waals surface area contributed by atoms with Gasteiger partial charge in [0.05, 0.1) is 11.5 Å². The fourth-order valence-electron chi connectivity index (χ4n) is 4.26. The SMILES string of the molecule is CCn1c(N2CCN(CCO)CC2)c(/C=C2\SC(=S)N(CC(C)C)C2=O)c(C)c(C#N)c1=O. The lowest BCUT2D eigenvalue weighted by Gasteiger charge is -2.37. The van der Waals surface area contributed by atoms with Crippen LogP contribution in [-0.4, -0.2) is 75.6 Å². The quantitative estimate of drug-likeness (QED) is 0.459. The molecular formula is C23H31N5O3S2. The number of aromatic nitrogens is 1. The number of nitriles is 1. The van der Waals surface area contributed by atoms with Crippen molar-refractivity contribution in [2.45, 2.75) is 34.2 Å². The summed E-state index contributed by atoms with van der Waals surface area (Å²) in [6, 6.07) is 2.07. The molecule has 3 heterocycles. The van der Waals surface area contributed by atoms with Gasteiger partial charge in [-0.1, -0.05) is 37.8 Å². The number of aliphatic hydroxyl groups excluding tert-OH is 1. The zero-order chi connectivity index (χ0) is 24.3. The Morgan fingerprint density at radius 3 is 2.45 bits per heavy atom. The number of carbonyl (C=O) groups excluding carboxylic acids is 1. The van der Waals surface area contributed by atoms with Crippen molar-refractivity contribution in [1.82, 2.24) is 14.4 Å². The molecule has 1 N–H and O–H groups in total. The Bertz CT molecular complexity index is 1070. The van der Waals surface area contributed by atoms with Crippen LogP contribution in [0.3, 0.4) is 0 Å². The van der Waals surface area contributed by atoms with E-state index in [1.807, 2.05) is 20.8 Å². The maximum Gasteiger partial charge on any atom is 0.270 e. The van der Waals surface area contributed by atoms with Crippen molar-refractivity contribution in [3.63, 3.8) is 0 Å². The molecule has 0 aliphatic carbocycles. The summed E-state index contributed by atoms with van der Waals surface area (Å²) in [7, 11) is 0. The average molecular weight is 490 g/mol. The molecule has 0 unspecified atom stereocenters. The van der Waals surface area contributed by atoms with E-state index in [1.54, 1.807) is 22.5 Å². The second kappa shape index (κ2) is 10.8. The van der Waals surface area contributed by atoms with Crippen LogP contribution in [0.2, 0.25) is 0 Å². The Balaban J connectivity index is 2.12. The van der Waals surface area contributed by atoms with Gasteiger partial charge in [0.15, 0.2) is 0 Å². The van der Waals surface area contributed by atoms with Gasteiger partial charge < -0.3 is 10.0 Å². The number of thiocarbonyl (C=S) groups is 1. The fourth-order valence-corrected chi connectivity index (χ4v) is 5.51. The molecule has 178 valence electrons. The summed E-state index contributed by atoms with van der Waals surface area (Å²) >= 11 is 6.72. The number of carbonyl (C=O) groups is 1. The minimum atomic E-state index is -0.310. The van der Waals surface area contributed by atoms with Gasteiger partial charge in [-0.2, -0.15) is 5.26 Å². The predicted molar refractivity (Wildman–Crippen MR) is 136 cm³/mol. The second-order valence-electron chi connectivity index (χ2n) is 8.64. The predicted octanol–water partition coefficient (Wildman–Crippen LogP) is 2.02. The number of anilines is 1. The fraction of sp³-hybridized carbons (Fsp3) is 0.565. The molecule has 8 nitrogen and oxygen atoms in total.